The average Bonchev–Trinajstić information content (AvgIpc) is 3.48. The molecule has 0 spiro atoms. The molecule has 0 radical (unpaired) electrons. The Morgan fingerprint density at radius 2 is 1.78 bits per heavy atom. The zero-order valence-corrected chi connectivity index (χ0v) is 22.1. The molecule has 196 valence electrons. The molecule has 0 saturated carbocycles. The van der Waals surface area contributed by atoms with Gasteiger partial charge in [0, 0.05) is 19.7 Å². The quantitative estimate of drug-likeness (QED) is 0.245. The normalized spacial score (nSPS) is 12.4. The van der Waals surface area contributed by atoms with E-state index in [0.29, 0.717) is 38.0 Å². The van der Waals surface area contributed by atoms with E-state index in [1.165, 1.54) is 0 Å². The van der Waals surface area contributed by atoms with Gasteiger partial charge in [0.05, 0.1) is 42.5 Å². The Kier molecular flexibility index (Phi) is 9.17. The van der Waals surface area contributed by atoms with Crippen molar-refractivity contribution in [3.63, 3.8) is 0 Å². The first-order valence-electron chi connectivity index (χ1n) is 12.8. The maximum absolute atomic E-state index is 10.8. The summed E-state index contributed by atoms with van der Waals surface area (Å²) in [6.45, 7) is 10.6. The number of ether oxygens (including phenoxy) is 2. The Bertz CT molecular complexity index is 1240. The third kappa shape index (κ3) is 7.55. The van der Waals surface area contributed by atoms with Crippen LogP contribution in [-0.2, 0) is 17.8 Å². The summed E-state index contributed by atoms with van der Waals surface area (Å²) in [4.78, 5) is 2.14. The van der Waals surface area contributed by atoms with Crippen molar-refractivity contribution in [3.05, 3.63) is 95.6 Å². The summed E-state index contributed by atoms with van der Waals surface area (Å²) in [7, 11) is 0. The monoisotopic (exact) mass is 503 g/mol. The van der Waals surface area contributed by atoms with E-state index in [9.17, 15) is 5.11 Å². The van der Waals surface area contributed by atoms with E-state index >= 15 is 0 Å². The van der Waals surface area contributed by atoms with E-state index in [0.717, 1.165) is 34.0 Å². The number of aryl methyl sites for hydroxylation is 2. The molecule has 0 unspecified atom stereocenters. The van der Waals surface area contributed by atoms with Crippen LogP contribution >= 0.6 is 0 Å². The van der Waals surface area contributed by atoms with Crippen LogP contribution in [0.3, 0.4) is 0 Å². The Hall–Kier alpha value is -3.39. The summed E-state index contributed by atoms with van der Waals surface area (Å²) in [6.07, 6.45) is 1.03. The molecule has 2 heterocycles. The largest absolute Gasteiger partial charge is 0.468 e. The van der Waals surface area contributed by atoms with Crippen LogP contribution in [0.5, 0.6) is 11.6 Å². The van der Waals surface area contributed by atoms with E-state index in [2.05, 4.69) is 18.7 Å². The first kappa shape index (κ1) is 26.7. The highest BCUT2D eigenvalue weighted by molar-refractivity contribution is 5.43. The van der Waals surface area contributed by atoms with Crippen LogP contribution in [0.15, 0.2) is 77.4 Å². The van der Waals surface area contributed by atoms with Gasteiger partial charge in [-0.2, -0.15) is 5.10 Å². The van der Waals surface area contributed by atoms with Gasteiger partial charge in [-0.1, -0.05) is 44.2 Å². The number of hydrogen-bond donors (Lipinski definition) is 1. The van der Waals surface area contributed by atoms with Gasteiger partial charge < -0.3 is 19.0 Å². The van der Waals surface area contributed by atoms with Crippen LogP contribution in [0.1, 0.15) is 36.4 Å². The molecule has 4 aromatic rings. The Balaban J connectivity index is 1.64. The third-order valence-electron chi connectivity index (χ3n) is 5.91. The van der Waals surface area contributed by atoms with Gasteiger partial charge >= 0.3 is 0 Å². The summed E-state index contributed by atoms with van der Waals surface area (Å²) in [5.74, 6) is 2.64. The van der Waals surface area contributed by atoms with Crippen molar-refractivity contribution >= 4 is 0 Å². The zero-order chi connectivity index (χ0) is 26.2. The van der Waals surface area contributed by atoms with Crippen molar-refractivity contribution in [3.8, 4) is 17.3 Å². The predicted octanol–water partition coefficient (Wildman–Crippen LogP) is 5.91. The lowest BCUT2D eigenvalue weighted by Crippen LogP contribution is -2.34. The third-order valence-corrected chi connectivity index (χ3v) is 5.91. The van der Waals surface area contributed by atoms with Crippen LogP contribution in [-0.4, -0.2) is 45.6 Å². The number of para-hydroxylation sites is 1. The van der Waals surface area contributed by atoms with Gasteiger partial charge in [0.2, 0.25) is 5.88 Å². The number of furan rings is 1. The minimum atomic E-state index is -0.640. The van der Waals surface area contributed by atoms with Crippen molar-refractivity contribution < 1.29 is 19.0 Å². The minimum Gasteiger partial charge on any atom is -0.468 e. The summed E-state index contributed by atoms with van der Waals surface area (Å²) < 4.78 is 19.7. The van der Waals surface area contributed by atoms with E-state index in [1.54, 1.807) is 6.26 Å². The molecule has 1 atom stereocenters. The lowest BCUT2D eigenvalue weighted by atomic mass is 10.2. The van der Waals surface area contributed by atoms with Gasteiger partial charge in [0.1, 0.15) is 11.5 Å². The molecule has 2 aromatic carbocycles. The molecule has 0 aliphatic rings. The van der Waals surface area contributed by atoms with Crippen LogP contribution in [0.25, 0.3) is 5.69 Å². The molecular weight excluding hydrogens is 466 g/mol. The standard InChI is InChI=1S/C30H37N3O4/c1-22(2)20-35-21-26(34)17-32(18-28-14-9-15-36-28)19-29-24(4)31-33(25-11-6-5-7-12-25)30(29)37-27-13-8-10-23(3)16-27/h5-16,22,26,34H,17-21H2,1-4H3/t26-/m1/s1. The van der Waals surface area contributed by atoms with E-state index < -0.39 is 6.10 Å². The summed E-state index contributed by atoms with van der Waals surface area (Å²) in [6, 6.07) is 21.8. The molecule has 0 aliphatic heterocycles. The van der Waals surface area contributed by atoms with Gasteiger partial charge in [-0.15, -0.1) is 0 Å². The molecule has 7 heteroatoms. The number of benzene rings is 2. The second-order valence-electron chi connectivity index (χ2n) is 9.87. The van der Waals surface area contributed by atoms with Gasteiger partial charge in [0.25, 0.3) is 0 Å². The lowest BCUT2D eigenvalue weighted by Gasteiger charge is -2.25. The topological polar surface area (TPSA) is 72.9 Å². The molecule has 0 amide bonds. The fraction of sp³-hybridized carbons (Fsp3) is 0.367. The van der Waals surface area contributed by atoms with Crippen LogP contribution in [0, 0.1) is 19.8 Å². The highest BCUT2D eigenvalue weighted by Crippen LogP contribution is 2.32. The fourth-order valence-electron chi connectivity index (χ4n) is 4.18. The number of aliphatic hydroxyl groups is 1. The van der Waals surface area contributed by atoms with E-state index in [4.69, 9.17) is 19.0 Å². The maximum atomic E-state index is 10.8. The average molecular weight is 504 g/mol. The van der Waals surface area contributed by atoms with Crippen LogP contribution in [0.4, 0.5) is 0 Å². The predicted molar refractivity (Wildman–Crippen MR) is 144 cm³/mol. The molecule has 0 saturated heterocycles. The molecule has 4 rings (SSSR count). The first-order chi connectivity index (χ1) is 17.9. The van der Waals surface area contributed by atoms with Gasteiger partial charge in [-0.3, -0.25) is 4.90 Å². The number of hydrogen-bond acceptors (Lipinski definition) is 6. The fourth-order valence-corrected chi connectivity index (χ4v) is 4.18. The van der Waals surface area contributed by atoms with Crippen LogP contribution in [0.2, 0.25) is 0 Å². The summed E-state index contributed by atoms with van der Waals surface area (Å²) in [5.41, 5.74) is 3.85. The van der Waals surface area contributed by atoms with Gasteiger partial charge in [-0.25, -0.2) is 4.68 Å². The molecular formula is C30H37N3O4. The molecule has 2 aromatic heterocycles. The molecule has 0 bridgehead atoms. The lowest BCUT2D eigenvalue weighted by molar-refractivity contribution is 0.00448. The number of rotatable bonds is 13. The Labute approximate surface area is 219 Å². The van der Waals surface area contributed by atoms with E-state index in [-0.39, 0.29) is 6.61 Å². The van der Waals surface area contributed by atoms with Gasteiger partial charge in [0.15, 0.2) is 0 Å². The SMILES string of the molecule is Cc1cccc(Oc2c(CN(Cc3ccco3)C[C@@H](O)COCC(C)C)c(C)nn2-c2ccccc2)c1. The number of aromatic nitrogens is 2. The van der Waals surface area contributed by atoms with Crippen molar-refractivity contribution in [2.45, 2.75) is 46.9 Å². The highest BCUT2D eigenvalue weighted by atomic mass is 16.5. The molecule has 7 nitrogen and oxygen atoms in total. The molecule has 0 fully saturated rings. The maximum Gasteiger partial charge on any atom is 0.227 e. The summed E-state index contributed by atoms with van der Waals surface area (Å²) >= 11 is 0. The Morgan fingerprint density at radius 1 is 0.973 bits per heavy atom. The van der Waals surface area contributed by atoms with Crippen LogP contribution < -0.4 is 4.74 Å². The second-order valence-corrected chi connectivity index (χ2v) is 9.87. The molecule has 37 heavy (non-hydrogen) atoms. The molecule has 1 N–H and O–H groups in total. The van der Waals surface area contributed by atoms with Crippen molar-refractivity contribution in [1.82, 2.24) is 14.7 Å². The number of nitrogens with zero attached hydrogens (tertiary/aromatic N) is 3. The van der Waals surface area contributed by atoms with Gasteiger partial charge in [-0.05, 0) is 61.7 Å². The molecule has 0 aliphatic carbocycles. The number of aliphatic hydroxyl groups excluding tert-OH is 1. The second kappa shape index (κ2) is 12.7. The van der Waals surface area contributed by atoms with Crippen molar-refractivity contribution in [1.29, 1.82) is 0 Å². The minimum absolute atomic E-state index is 0.280. The zero-order valence-electron chi connectivity index (χ0n) is 22.1. The first-order valence-corrected chi connectivity index (χ1v) is 12.8. The van der Waals surface area contributed by atoms with E-state index in [1.807, 2.05) is 85.3 Å². The van der Waals surface area contributed by atoms with Crippen molar-refractivity contribution in [2.75, 3.05) is 19.8 Å². The highest BCUT2D eigenvalue weighted by Gasteiger charge is 2.23. The van der Waals surface area contributed by atoms with Crippen molar-refractivity contribution in [2.24, 2.45) is 5.92 Å². The summed E-state index contributed by atoms with van der Waals surface area (Å²) in [5, 5.41) is 15.6. The Morgan fingerprint density at radius 3 is 2.49 bits per heavy atom. The smallest absolute Gasteiger partial charge is 0.227 e.